The Kier molecular flexibility index (Phi) is 4.57. The van der Waals surface area contributed by atoms with Crippen LogP contribution in [0.3, 0.4) is 0 Å². The number of ether oxygens (including phenoxy) is 1. The first-order chi connectivity index (χ1) is 8.65. The highest BCUT2D eigenvalue weighted by Crippen LogP contribution is 2.29. The molecule has 0 bridgehead atoms. The Morgan fingerprint density at radius 1 is 1.32 bits per heavy atom. The lowest BCUT2D eigenvalue weighted by molar-refractivity contribution is -0.148. The molecule has 0 aliphatic rings. The number of aromatic carboxylic acids is 1. The van der Waals surface area contributed by atoms with E-state index in [1.54, 1.807) is 13.0 Å². The van der Waals surface area contributed by atoms with E-state index in [0.29, 0.717) is 10.0 Å². The van der Waals surface area contributed by atoms with E-state index in [0.717, 1.165) is 0 Å². The summed E-state index contributed by atoms with van der Waals surface area (Å²) in [5.74, 6) is -1.92. The van der Waals surface area contributed by atoms with Crippen molar-refractivity contribution < 1.29 is 24.5 Å². The van der Waals surface area contributed by atoms with E-state index in [4.69, 9.17) is 14.9 Å². The first kappa shape index (κ1) is 15.5. The third-order valence-electron chi connectivity index (χ3n) is 2.63. The van der Waals surface area contributed by atoms with Crippen molar-refractivity contribution in [1.82, 2.24) is 0 Å². The van der Waals surface area contributed by atoms with Crippen molar-refractivity contribution >= 4 is 27.9 Å². The maximum absolute atomic E-state index is 11.2. The Bertz CT molecular complexity index is 522. The van der Waals surface area contributed by atoms with E-state index >= 15 is 0 Å². The molecule has 0 saturated heterocycles. The molecular weight excluding hydrogens is 316 g/mol. The molecule has 0 fully saturated rings. The van der Waals surface area contributed by atoms with Crippen LogP contribution < -0.4 is 4.74 Å². The number of carbonyl (C=O) groups is 2. The highest BCUT2D eigenvalue weighted by molar-refractivity contribution is 9.10. The smallest absolute Gasteiger partial charge is 0.339 e. The van der Waals surface area contributed by atoms with Gasteiger partial charge in [-0.05, 0) is 38.5 Å². The SMILES string of the molecule is Cc1cc(Br)cc(C(=O)O)c1OCC(C)(C)C(=O)O. The molecule has 0 spiro atoms. The third-order valence-corrected chi connectivity index (χ3v) is 3.08. The van der Waals surface area contributed by atoms with Crippen LogP contribution in [0.2, 0.25) is 0 Å². The number of hydrogen-bond acceptors (Lipinski definition) is 3. The van der Waals surface area contributed by atoms with Crippen LogP contribution in [0, 0.1) is 12.3 Å². The average molecular weight is 331 g/mol. The van der Waals surface area contributed by atoms with Crippen LogP contribution in [0.25, 0.3) is 0 Å². The molecular formula is C13H15BrO5. The summed E-state index contributed by atoms with van der Waals surface area (Å²) in [5, 5.41) is 18.1. The molecule has 0 aliphatic carbocycles. The van der Waals surface area contributed by atoms with Gasteiger partial charge in [0.05, 0.1) is 5.41 Å². The summed E-state index contributed by atoms with van der Waals surface area (Å²) < 4.78 is 6.06. The molecule has 1 aromatic rings. The van der Waals surface area contributed by atoms with Crippen molar-refractivity contribution in [1.29, 1.82) is 0 Å². The van der Waals surface area contributed by atoms with Gasteiger partial charge in [0.25, 0.3) is 0 Å². The topological polar surface area (TPSA) is 83.8 Å². The second kappa shape index (κ2) is 5.61. The number of carboxylic acid groups (broad SMARTS) is 2. The van der Waals surface area contributed by atoms with Gasteiger partial charge in [-0.25, -0.2) is 4.79 Å². The fraction of sp³-hybridized carbons (Fsp3) is 0.385. The molecule has 1 aromatic carbocycles. The van der Waals surface area contributed by atoms with Gasteiger partial charge in [0.15, 0.2) is 0 Å². The van der Waals surface area contributed by atoms with E-state index in [1.165, 1.54) is 19.9 Å². The van der Waals surface area contributed by atoms with Crippen molar-refractivity contribution in [3.8, 4) is 5.75 Å². The molecule has 5 nitrogen and oxygen atoms in total. The number of aliphatic carboxylic acids is 1. The van der Waals surface area contributed by atoms with Gasteiger partial charge < -0.3 is 14.9 Å². The van der Waals surface area contributed by atoms with Crippen molar-refractivity contribution in [3.05, 3.63) is 27.7 Å². The molecule has 0 atom stereocenters. The van der Waals surface area contributed by atoms with Gasteiger partial charge in [0.2, 0.25) is 0 Å². The first-order valence-corrected chi connectivity index (χ1v) is 6.34. The van der Waals surface area contributed by atoms with Crippen molar-refractivity contribution in [2.45, 2.75) is 20.8 Å². The van der Waals surface area contributed by atoms with Crippen LogP contribution in [0.5, 0.6) is 5.75 Å². The summed E-state index contributed by atoms with van der Waals surface area (Å²) in [6, 6.07) is 3.15. The summed E-state index contributed by atoms with van der Waals surface area (Å²) in [6.45, 7) is 4.64. The van der Waals surface area contributed by atoms with Crippen LogP contribution in [-0.4, -0.2) is 28.8 Å². The summed E-state index contributed by atoms with van der Waals surface area (Å²) in [4.78, 5) is 22.2. The fourth-order valence-electron chi connectivity index (χ4n) is 1.39. The van der Waals surface area contributed by atoms with Crippen LogP contribution in [0.1, 0.15) is 29.8 Å². The molecule has 6 heteroatoms. The maximum atomic E-state index is 11.2. The van der Waals surface area contributed by atoms with E-state index in [2.05, 4.69) is 15.9 Å². The number of aryl methyl sites for hydroxylation is 1. The van der Waals surface area contributed by atoms with Crippen molar-refractivity contribution in [2.75, 3.05) is 6.61 Å². The van der Waals surface area contributed by atoms with Crippen molar-refractivity contribution in [3.63, 3.8) is 0 Å². The normalized spacial score (nSPS) is 11.2. The summed E-state index contributed by atoms with van der Waals surface area (Å²) in [6.07, 6.45) is 0. The third kappa shape index (κ3) is 3.70. The van der Waals surface area contributed by atoms with E-state index in [1.807, 2.05) is 0 Å². The second-order valence-corrected chi connectivity index (χ2v) is 5.80. The minimum absolute atomic E-state index is 0.00747. The summed E-state index contributed by atoms with van der Waals surface area (Å²) >= 11 is 3.22. The molecule has 0 amide bonds. The Labute approximate surface area is 119 Å². The molecule has 19 heavy (non-hydrogen) atoms. The molecule has 0 aliphatic heterocycles. The standard InChI is InChI=1S/C13H15BrO5/c1-7-4-8(14)5-9(11(15)16)10(7)19-6-13(2,3)12(17)18/h4-5H,6H2,1-3H3,(H,15,16)(H,17,18). The van der Waals surface area contributed by atoms with Gasteiger partial charge in [-0.3, -0.25) is 4.79 Å². The van der Waals surface area contributed by atoms with Crippen LogP contribution in [0.4, 0.5) is 0 Å². The Hall–Kier alpha value is -1.56. The molecule has 2 N–H and O–H groups in total. The average Bonchev–Trinajstić information content (AvgIpc) is 2.26. The fourth-order valence-corrected chi connectivity index (χ4v) is 1.97. The lowest BCUT2D eigenvalue weighted by Gasteiger charge is -2.21. The Balaban J connectivity index is 3.08. The summed E-state index contributed by atoms with van der Waals surface area (Å²) in [5.41, 5.74) is -0.448. The predicted octanol–water partition coefficient (Wildman–Crippen LogP) is 2.95. The van der Waals surface area contributed by atoms with Gasteiger partial charge >= 0.3 is 11.9 Å². The van der Waals surface area contributed by atoms with E-state index in [-0.39, 0.29) is 17.9 Å². The first-order valence-electron chi connectivity index (χ1n) is 5.55. The van der Waals surface area contributed by atoms with Gasteiger partial charge in [0, 0.05) is 4.47 Å². The quantitative estimate of drug-likeness (QED) is 0.867. The van der Waals surface area contributed by atoms with Crippen molar-refractivity contribution in [2.24, 2.45) is 5.41 Å². The predicted molar refractivity (Wildman–Crippen MR) is 72.8 cm³/mol. The molecule has 0 heterocycles. The van der Waals surface area contributed by atoms with Gasteiger partial charge in [-0.2, -0.15) is 0 Å². The van der Waals surface area contributed by atoms with Crippen LogP contribution in [-0.2, 0) is 4.79 Å². The highest BCUT2D eigenvalue weighted by Gasteiger charge is 2.29. The zero-order valence-corrected chi connectivity index (χ0v) is 12.4. The second-order valence-electron chi connectivity index (χ2n) is 4.88. The molecule has 1 rings (SSSR count). The van der Waals surface area contributed by atoms with Crippen LogP contribution in [0.15, 0.2) is 16.6 Å². The molecule has 104 valence electrons. The number of benzene rings is 1. The summed E-state index contributed by atoms with van der Waals surface area (Å²) in [7, 11) is 0. The number of halogens is 1. The molecule has 0 aromatic heterocycles. The lowest BCUT2D eigenvalue weighted by atomic mass is 9.95. The highest BCUT2D eigenvalue weighted by atomic mass is 79.9. The molecule has 0 radical (unpaired) electrons. The van der Waals surface area contributed by atoms with E-state index < -0.39 is 17.4 Å². The monoisotopic (exact) mass is 330 g/mol. The zero-order chi connectivity index (χ0) is 14.8. The minimum atomic E-state index is -1.12. The number of carboxylic acids is 2. The van der Waals surface area contributed by atoms with Gasteiger partial charge in [0.1, 0.15) is 17.9 Å². The number of hydrogen-bond donors (Lipinski definition) is 2. The largest absolute Gasteiger partial charge is 0.491 e. The zero-order valence-electron chi connectivity index (χ0n) is 10.9. The molecule has 0 saturated carbocycles. The Morgan fingerprint density at radius 3 is 2.37 bits per heavy atom. The van der Waals surface area contributed by atoms with E-state index in [9.17, 15) is 9.59 Å². The minimum Gasteiger partial charge on any atom is -0.491 e. The van der Waals surface area contributed by atoms with Gasteiger partial charge in [-0.15, -0.1) is 0 Å². The molecule has 0 unspecified atom stereocenters. The van der Waals surface area contributed by atoms with Gasteiger partial charge in [-0.1, -0.05) is 15.9 Å². The van der Waals surface area contributed by atoms with Crippen LogP contribution >= 0.6 is 15.9 Å². The maximum Gasteiger partial charge on any atom is 0.339 e. The number of rotatable bonds is 5. The Morgan fingerprint density at radius 2 is 1.89 bits per heavy atom. The lowest BCUT2D eigenvalue weighted by Crippen LogP contribution is -2.31.